The molecule has 1 heterocycles. The van der Waals surface area contributed by atoms with E-state index in [-0.39, 0.29) is 6.04 Å². The van der Waals surface area contributed by atoms with Gasteiger partial charge in [0, 0.05) is 12.5 Å². The summed E-state index contributed by atoms with van der Waals surface area (Å²) in [4.78, 5) is 4.55. The number of halogens is 1. The largest absolute Gasteiger partial charge is 0.327 e. The minimum absolute atomic E-state index is 0.212. The highest BCUT2D eigenvalue weighted by molar-refractivity contribution is 7.19. The normalized spacial score (nSPS) is 13.2. The van der Waals surface area contributed by atoms with E-state index in [2.05, 4.69) is 11.9 Å². The molecule has 0 aliphatic carbocycles. The lowest BCUT2D eigenvalue weighted by molar-refractivity contribution is 0.599. The molecule has 1 aromatic carbocycles. The van der Waals surface area contributed by atoms with Crippen LogP contribution in [0.25, 0.3) is 10.2 Å². The van der Waals surface area contributed by atoms with Crippen molar-refractivity contribution in [1.29, 1.82) is 0 Å². The molecule has 1 aromatic heterocycles. The Morgan fingerprint density at radius 1 is 1.50 bits per heavy atom. The molecule has 0 aliphatic heterocycles. The number of fused-ring (bicyclic) bond motifs is 1. The number of aromatic nitrogens is 1. The first-order valence-corrected chi connectivity index (χ1v) is 6.69. The maximum atomic E-state index is 6.11. The highest BCUT2D eigenvalue weighted by Gasteiger charge is 2.09. The first kappa shape index (κ1) is 11.8. The molecule has 0 amide bonds. The summed E-state index contributed by atoms with van der Waals surface area (Å²) in [6, 6.07) is 6.04. The lowest BCUT2D eigenvalue weighted by atomic mass is 10.1. The maximum absolute atomic E-state index is 6.11. The van der Waals surface area contributed by atoms with Crippen LogP contribution in [-0.4, -0.2) is 11.0 Å². The van der Waals surface area contributed by atoms with Crippen LogP contribution >= 0.6 is 22.9 Å². The topological polar surface area (TPSA) is 38.9 Å². The fourth-order valence-corrected chi connectivity index (χ4v) is 3.09. The van der Waals surface area contributed by atoms with Crippen molar-refractivity contribution in [2.45, 2.75) is 32.2 Å². The van der Waals surface area contributed by atoms with E-state index in [0.29, 0.717) is 0 Å². The predicted molar refractivity (Wildman–Crippen MR) is 71.2 cm³/mol. The van der Waals surface area contributed by atoms with E-state index in [0.717, 1.165) is 39.5 Å². The van der Waals surface area contributed by atoms with Crippen molar-refractivity contribution in [2.75, 3.05) is 0 Å². The Balaban J connectivity index is 2.23. The Bertz CT molecular complexity index is 481. The molecule has 1 unspecified atom stereocenters. The molecule has 86 valence electrons. The monoisotopic (exact) mass is 254 g/mol. The number of hydrogen-bond acceptors (Lipinski definition) is 3. The summed E-state index contributed by atoms with van der Waals surface area (Å²) >= 11 is 7.76. The van der Waals surface area contributed by atoms with Gasteiger partial charge in [-0.05, 0) is 18.6 Å². The average Bonchev–Trinajstić information content (AvgIpc) is 2.62. The van der Waals surface area contributed by atoms with Gasteiger partial charge in [-0.2, -0.15) is 0 Å². The molecule has 2 nitrogen and oxygen atoms in total. The zero-order chi connectivity index (χ0) is 11.5. The van der Waals surface area contributed by atoms with Crippen molar-refractivity contribution in [3.8, 4) is 0 Å². The predicted octanol–water partition coefficient (Wildman–Crippen LogP) is 3.62. The summed E-state index contributed by atoms with van der Waals surface area (Å²) in [5.41, 5.74) is 6.99. The van der Waals surface area contributed by atoms with E-state index in [1.807, 2.05) is 18.2 Å². The number of nitrogens with zero attached hydrogens (tertiary/aromatic N) is 1. The Morgan fingerprint density at radius 3 is 3.00 bits per heavy atom. The molecule has 0 aliphatic rings. The van der Waals surface area contributed by atoms with Gasteiger partial charge in [-0.3, -0.25) is 0 Å². The van der Waals surface area contributed by atoms with Crippen LogP contribution in [0.5, 0.6) is 0 Å². The van der Waals surface area contributed by atoms with E-state index < -0.39 is 0 Å². The van der Waals surface area contributed by atoms with E-state index in [1.54, 1.807) is 11.3 Å². The Labute approximate surface area is 104 Å². The van der Waals surface area contributed by atoms with Gasteiger partial charge in [0.25, 0.3) is 0 Å². The average molecular weight is 255 g/mol. The summed E-state index contributed by atoms with van der Waals surface area (Å²) in [7, 11) is 0. The maximum Gasteiger partial charge on any atom is 0.0954 e. The molecule has 0 spiro atoms. The number of benzene rings is 1. The van der Waals surface area contributed by atoms with Crippen molar-refractivity contribution in [1.82, 2.24) is 4.98 Å². The zero-order valence-corrected chi connectivity index (χ0v) is 10.8. The fourth-order valence-electron chi connectivity index (χ4n) is 1.75. The van der Waals surface area contributed by atoms with E-state index in [9.17, 15) is 0 Å². The highest BCUT2D eigenvalue weighted by atomic mass is 35.5. The van der Waals surface area contributed by atoms with E-state index >= 15 is 0 Å². The van der Waals surface area contributed by atoms with Gasteiger partial charge in [0.1, 0.15) is 0 Å². The lowest BCUT2D eigenvalue weighted by Crippen LogP contribution is -2.22. The molecule has 1 atom stereocenters. The van der Waals surface area contributed by atoms with Gasteiger partial charge in [-0.15, -0.1) is 11.3 Å². The second-order valence-corrected chi connectivity index (χ2v) is 5.44. The molecule has 0 radical (unpaired) electrons. The third-order valence-corrected chi connectivity index (χ3v) is 4.06. The summed E-state index contributed by atoms with van der Waals surface area (Å²) < 4.78 is 1.07. The van der Waals surface area contributed by atoms with Crippen LogP contribution in [0.3, 0.4) is 0 Å². The van der Waals surface area contributed by atoms with Crippen molar-refractivity contribution in [2.24, 2.45) is 5.73 Å². The number of thiazole rings is 1. The summed E-state index contributed by atoms with van der Waals surface area (Å²) in [6.07, 6.45) is 3.01. The highest BCUT2D eigenvalue weighted by Crippen LogP contribution is 2.29. The molecule has 4 heteroatoms. The second-order valence-electron chi connectivity index (χ2n) is 3.95. The number of rotatable bonds is 4. The van der Waals surface area contributed by atoms with Crippen LogP contribution < -0.4 is 5.73 Å². The summed E-state index contributed by atoms with van der Waals surface area (Å²) in [5, 5.41) is 1.87. The molecule has 2 rings (SSSR count). The van der Waals surface area contributed by atoms with Gasteiger partial charge < -0.3 is 5.73 Å². The smallest absolute Gasteiger partial charge is 0.0954 e. The van der Waals surface area contributed by atoms with Gasteiger partial charge >= 0.3 is 0 Å². The minimum Gasteiger partial charge on any atom is -0.327 e. The lowest BCUT2D eigenvalue weighted by Gasteiger charge is -2.06. The Hall–Kier alpha value is -0.640. The van der Waals surface area contributed by atoms with Gasteiger partial charge in [-0.1, -0.05) is 31.0 Å². The van der Waals surface area contributed by atoms with Crippen molar-refractivity contribution >= 4 is 33.2 Å². The molecular formula is C12H15ClN2S. The molecule has 0 saturated carbocycles. The fraction of sp³-hybridized carbons (Fsp3) is 0.417. The molecule has 0 fully saturated rings. The van der Waals surface area contributed by atoms with Crippen LogP contribution in [-0.2, 0) is 6.42 Å². The number of nitrogens with two attached hydrogens (primary N) is 1. The Kier molecular flexibility index (Phi) is 3.79. The van der Waals surface area contributed by atoms with Gasteiger partial charge in [0.15, 0.2) is 0 Å². The van der Waals surface area contributed by atoms with Crippen molar-refractivity contribution < 1.29 is 0 Å². The quantitative estimate of drug-likeness (QED) is 0.905. The summed E-state index contributed by atoms with van der Waals surface area (Å²) in [6.45, 7) is 2.15. The van der Waals surface area contributed by atoms with E-state index in [1.165, 1.54) is 0 Å². The molecule has 16 heavy (non-hydrogen) atoms. The summed E-state index contributed by atoms with van der Waals surface area (Å²) in [5.74, 6) is 0. The first-order chi connectivity index (χ1) is 7.70. The molecule has 0 saturated heterocycles. The Morgan fingerprint density at radius 2 is 2.31 bits per heavy atom. The van der Waals surface area contributed by atoms with Crippen LogP contribution in [0.4, 0.5) is 0 Å². The molecular weight excluding hydrogens is 240 g/mol. The zero-order valence-electron chi connectivity index (χ0n) is 9.24. The van der Waals surface area contributed by atoms with Crippen LogP contribution in [0, 0.1) is 0 Å². The van der Waals surface area contributed by atoms with Crippen molar-refractivity contribution in [3.05, 3.63) is 28.2 Å². The molecule has 0 bridgehead atoms. The van der Waals surface area contributed by atoms with Gasteiger partial charge in [-0.25, -0.2) is 4.98 Å². The SMILES string of the molecule is CCCC(N)Cc1nc2cccc(Cl)c2s1. The third kappa shape index (κ3) is 2.54. The molecule has 2 aromatic rings. The van der Waals surface area contributed by atoms with Crippen LogP contribution in [0.15, 0.2) is 18.2 Å². The van der Waals surface area contributed by atoms with Crippen molar-refractivity contribution in [3.63, 3.8) is 0 Å². The van der Waals surface area contributed by atoms with E-state index in [4.69, 9.17) is 17.3 Å². The molecule has 2 N–H and O–H groups in total. The van der Waals surface area contributed by atoms with Crippen LogP contribution in [0.1, 0.15) is 24.8 Å². The van der Waals surface area contributed by atoms with Crippen LogP contribution in [0.2, 0.25) is 5.02 Å². The third-order valence-electron chi connectivity index (χ3n) is 2.51. The van der Waals surface area contributed by atoms with Gasteiger partial charge in [0.05, 0.1) is 20.2 Å². The standard InChI is InChI=1S/C12H15ClN2S/c1-2-4-8(14)7-11-15-10-6-3-5-9(13)12(10)16-11/h3,5-6,8H,2,4,7,14H2,1H3. The minimum atomic E-state index is 0.212. The van der Waals surface area contributed by atoms with Gasteiger partial charge in [0.2, 0.25) is 0 Å². The number of hydrogen-bond donors (Lipinski definition) is 1. The second kappa shape index (κ2) is 5.13. The first-order valence-electron chi connectivity index (χ1n) is 5.50.